The molecule has 1 unspecified atom stereocenters. The minimum atomic E-state index is 0.164. The lowest BCUT2D eigenvalue weighted by Gasteiger charge is -2.33. The molecule has 1 amide bonds. The maximum atomic E-state index is 11.6. The van der Waals surface area contributed by atoms with Crippen LogP contribution in [0, 0.1) is 11.8 Å². The van der Waals surface area contributed by atoms with E-state index in [-0.39, 0.29) is 5.91 Å². The number of rotatable bonds is 7. The third-order valence-electron chi connectivity index (χ3n) is 4.00. The summed E-state index contributed by atoms with van der Waals surface area (Å²) in [4.78, 5) is 14.0. The van der Waals surface area contributed by atoms with Gasteiger partial charge in [-0.25, -0.2) is 0 Å². The van der Waals surface area contributed by atoms with Crippen molar-refractivity contribution < 1.29 is 4.79 Å². The highest BCUT2D eigenvalue weighted by atomic mass is 16.1. The number of carbonyl (C=O) groups is 1. The molecule has 1 saturated heterocycles. The van der Waals surface area contributed by atoms with E-state index in [9.17, 15) is 4.79 Å². The lowest BCUT2D eigenvalue weighted by Crippen LogP contribution is -2.41. The van der Waals surface area contributed by atoms with Gasteiger partial charge >= 0.3 is 0 Å². The number of hydrogen-bond donors (Lipinski definition) is 2. The van der Waals surface area contributed by atoms with Crippen molar-refractivity contribution in [1.29, 1.82) is 0 Å². The molecule has 2 N–H and O–H groups in total. The van der Waals surface area contributed by atoms with Crippen molar-refractivity contribution >= 4 is 5.91 Å². The molecule has 0 aromatic carbocycles. The quantitative estimate of drug-likeness (QED) is 0.735. The number of nitrogens with one attached hydrogen (secondary N) is 2. The Morgan fingerprint density at radius 3 is 2.47 bits per heavy atom. The first-order chi connectivity index (χ1) is 8.99. The molecule has 19 heavy (non-hydrogen) atoms. The van der Waals surface area contributed by atoms with Crippen LogP contribution in [-0.4, -0.2) is 50.1 Å². The van der Waals surface area contributed by atoms with Gasteiger partial charge in [0, 0.05) is 25.6 Å². The summed E-state index contributed by atoms with van der Waals surface area (Å²) in [6.45, 7) is 10.4. The molecule has 1 fully saturated rings. The van der Waals surface area contributed by atoms with Gasteiger partial charge in [0.15, 0.2) is 0 Å². The minimum absolute atomic E-state index is 0.164. The van der Waals surface area contributed by atoms with Crippen molar-refractivity contribution in [1.82, 2.24) is 15.5 Å². The fourth-order valence-corrected chi connectivity index (χ4v) is 2.51. The van der Waals surface area contributed by atoms with Crippen LogP contribution in [0.25, 0.3) is 0 Å². The lowest BCUT2D eigenvalue weighted by atomic mass is 9.90. The van der Waals surface area contributed by atoms with Gasteiger partial charge in [0.2, 0.25) is 5.91 Å². The first-order valence-electron chi connectivity index (χ1n) is 7.67. The second kappa shape index (κ2) is 8.54. The Labute approximate surface area is 118 Å². The van der Waals surface area contributed by atoms with Crippen LogP contribution < -0.4 is 10.6 Å². The SMILES string of the molecule is CC(C)CNC(=O)CCNC(C)C1CCN(C)CC1. The Balaban J connectivity index is 2.09. The van der Waals surface area contributed by atoms with Crippen molar-refractivity contribution in [3.8, 4) is 0 Å². The average molecular weight is 269 g/mol. The average Bonchev–Trinajstić information content (AvgIpc) is 2.37. The second-order valence-corrected chi connectivity index (χ2v) is 6.33. The zero-order valence-corrected chi connectivity index (χ0v) is 13.0. The summed E-state index contributed by atoms with van der Waals surface area (Å²) >= 11 is 0. The molecule has 1 aliphatic rings. The topological polar surface area (TPSA) is 44.4 Å². The van der Waals surface area contributed by atoms with Crippen LogP contribution in [0.2, 0.25) is 0 Å². The molecular weight excluding hydrogens is 238 g/mol. The minimum Gasteiger partial charge on any atom is -0.356 e. The molecule has 112 valence electrons. The summed E-state index contributed by atoms with van der Waals surface area (Å²) in [5.74, 6) is 1.45. The van der Waals surface area contributed by atoms with E-state index in [0.717, 1.165) is 19.0 Å². The van der Waals surface area contributed by atoms with Crippen molar-refractivity contribution in [2.45, 2.75) is 46.1 Å². The molecule has 0 bridgehead atoms. The molecule has 4 heteroatoms. The van der Waals surface area contributed by atoms with Crippen molar-refractivity contribution in [3.05, 3.63) is 0 Å². The number of hydrogen-bond acceptors (Lipinski definition) is 3. The number of piperidine rings is 1. The Morgan fingerprint density at radius 1 is 1.26 bits per heavy atom. The van der Waals surface area contributed by atoms with Crippen LogP contribution in [0.1, 0.15) is 40.0 Å². The van der Waals surface area contributed by atoms with Crippen LogP contribution in [0.5, 0.6) is 0 Å². The predicted octanol–water partition coefficient (Wildman–Crippen LogP) is 1.47. The summed E-state index contributed by atoms with van der Waals surface area (Å²) in [6, 6.07) is 0.520. The number of carbonyl (C=O) groups excluding carboxylic acids is 1. The molecule has 1 heterocycles. The normalized spacial score (nSPS) is 19.6. The van der Waals surface area contributed by atoms with Gasteiger partial charge in [-0.1, -0.05) is 13.8 Å². The van der Waals surface area contributed by atoms with Crippen LogP contribution in [0.3, 0.4) is 0 Å². The van der Waals surface area contributed by atoms with Crippen LogP contribution >= 0.6 is 0 Å². The Hall–Kier alpha value is -0.610. The molecule has 1 aliphatic heterocycles. The van der Waals surface area contributed by atoms with Crippen LogP contribution in [-0.2, 0) is 4.79 Å². The highest BCUT2D eigenvalue weighted by molar-refractivity contribution is 5.76. The van der Waals surface area contributed by atoms with Gasteiger partial charge in [-0.05, 0) is 51.7 Å². The van der Waals surface area contributed by atoms with E-state index in [2.05, 4.69) is 43.4 Å². The van der Waals surface area contributed by atoms with E-state index in [1.54, 1.807) is 0 Å². The molecule has 1 atom stereocenters. The monoisotopic (exact) mass is 269 g/mol. The van der Waals surface area contributed by atoms with Crippen molar-refractivity contribution in [3.63, 3.8) is 0 Å². The zero-order chi connectivity index (χ0) is 14.3. The van der Waals surface area contributed by atoms with Gasteiger partial charge in [-0.3, -0.25) is 4.79 Å². The standard InChI is InChI=1S/C15H31N3O/c1-12(2)11-17-15(19)5-8-16-13(3)14-6-9-18(4)10-7-14/h12-14,16H,5-11H2,1-4H3,(H,17,19). The zero-order valence-electron chi connectivity index (χ0n) is 13.0. The van der Waals surface area contributed by atoms with Crippen LogP contribution in [0.15, 0.2) is 0 Å². The summed E-state index contributed by atoms with van der Waals surface area (Å²) in [5, 5.41) is 6.46. The maximum Gasteiger partial charge on any atom is 0.221 e. The van der Waals surface area contributed by atoms with E-state index in [0.29, 0.717) is 18.4 Å². The molecule has 1 rings (SSSR count). The Kier molecular flexibility index (Phi) is 7.39. The largest absolute Gasteiger partial charge is 0.356 e. The summed E-state index contributed by atoms with van der Waals surface area (Å²) in [5.41, 5.74) is 0. The molecule has 0 aromatic rings. The van der Waals surface area contributed by atoms with E-state index in [4.69, 9.17) is 0 Å². The molecule has 4 nitrogen and oxygen atoms in total. The Morgan fingerprint density at radius 2 is 1.89 bits per heavy atom. The van der Waals surface area contributed by atoms with Gasteiger partial charge < -0.3 is 15.5 Å². The first kappa shape index (κ1) is 16.4. The summed E-state index contributed by atoms with van der Waals surface area (Å²) in [7, 11) is 2.19. The van der Waals surface area contributed by atoms with Crippen LogP contribution in [0.4, 0.5) is 0 Å². The van der Waals surface area contributed by atoms with Gasteiger partial charge in [-0.15, -0.1) is 0 Å². The second-order valence-electron chi connectivity index (χ2n) is 6.33. The fraction of sp³-hybridized carbons (Fsp3) is 0.933. The highest BCUT2D eigenvalue weighted by Gasteiger charge is 2.21. The third-order valence-corrected chi connectivity index (χ3v) is 4.00. The Bertz CT molecular complexity index is 260. The molecular formula is C15H31N3O. The summed E-state index contributed by atoms with van der Waals surface area (Å²) in [6.07, 6.45) is 3.12. The van der Waals surface area contributed by atoms with E-state index >= 15 is 0 Å². The highest BCUT2D eigenvalue weighted by Crippen LogP contribution is 2.19. The van der Waals surface area contributed by atoms with Crippen molar-refractivity contribution in [2.24, 2.45) is 11.8 Å². The molecule has 0 radical (unpaired) electrons. The summed E-state index contributed by atoms with van der Waals surface area (Å²) < 4.78 is 0. The third kappa shape index (κ3) is 6.92. The van der Waals surface area contributed by atoms with E-state index < -0.39 is 0 Å². The van der Waals surface area contributed by atoms with Gasteiger partial charge in [0.1, 0.15) is 0 Å². The van der Waals surface area contributed by atoms with E-state index in [1.165, 1.54) is 25.9 Å². The lowest BCUT2D eigenvalue weighted by molar-refractivity contribution is -0.121. The van der Waals surface area contributed by atoms with Gasteiger partial charge in [0.05, 0.1) is 0 Å². The smallest absolute Gasteiger partial charge is 0.221 e. The molecule has 0 aliphatic carbocycles. The van der Waals surface area contributed by atoms with E-state index in [1.807, 2.05) is 0 Å². The fourth-order valence-electron chi connectivity index (χ4n) is 2.51. The first-order valence-corrected chi connectivity index (χ1v) is 7.67. The number of amides is 1. The van der Waals surface area contributed by atoms with Crippen molar-refractivity contribution in [2.75, 3.05) is 33.2 Å². The predicted molar refractivity (Wildman–Crippen MR) is 80.2 cm³/mol. The number of nitrogens with zero attached hydrogens (tertiary/aromatic N) is 1. The van der Waals surface area contributed by atoms with Gasteiger partial charge in [-0.2, -0.15) is 0 Å². The molecule has 0 aromatic heterocycles. The number of likely N-dealkylation sites (tertiary alicyclic amines) is 1. The van der Waals surface area contributed by atoms with Gasteiger partial charge in [0.25, 0.3) is 0 Å². The maximum absolute atomic E-state index is 11.6. The molecule has 0 saturated carbocycles. The molecule has 0 spiro atoms.